The van der Waals surface area contributed by atoms with Crippen LogP contribution in [-0.2, 0) is 14.8 Å². The average Bonchev–Trinajstić information content (AvgIpc) is 2.58. The van der Waals surface area contributed by atoms with Crippen LogP contribution in [0.3, 0.4) is 0 Å². The van der Waals surface area contributed by atoms with E-state index < -0.39 is 33.2 Å². The van der Waals surface area contributed by atoms with Crippen LogP contribution >= 0.6 is 0 Å². The summed E-state index contributed by atoms with van der Waals surface area (Å²) < 4.78 is 67.3. The minimum atomic E-state index is -4.74. The Hall–Kier alpha value is -2.65. The number of nitrogens with one attached hydrogen (secondary N) is 2. The molecule has 5 nitrogen and oxygen atoms in total. The summed E-state index contributed by atoms with van der Waals surface area (Å²) in [6.07, 6.45) is -4.29. The van der Waals surface area contributed by atoms with Gasteiger partial charge in [-0.15, -0.1) is 0 Å². The molecule has 0 aliphatic rings. The predicted molar refractivity (Wildman–Crippen MR) is 106 cm³/mol. The van der Waals surface area contributed by atoms with Gasteiger partial charge in [0.1, 0.15) is 0 Å². The first-order valence-corrected chi connectivity index (χ1v) is 10.1. The highest BCUT2D eigenvalue weighted by Gasteiger charge is 2.35. The van der Waals surface area contributed by atoms with E-state index >= 15 is 0 Å². The molecule has 0 atom stereocenters. The standard InChI is InChI=1S/C20H21F3N2O3S/c1-19(2,3)25-29(27,28)16-11-7-10-15(12-16)24-18(26)13-17(20(21,22)23)14-8-5-4-6-9-14/h4-13,25H,1-3H3,(H,24,26)/b17-13-. The highest BCUT2D eigenvalue weighted by molar-refractivity contribution is 7.89. The Morgan fingerprint density at radius 3 is 2.14 bits per heavy atom. The lowest BCUT2D eigenvalue weighted by atomic mass is 10.1. The zero-order valence-corrected chi connectivity index (χ0v) is 16.9. The molecule has 0 fully saturated rings. The molecule has 2 aromatic rings. The van der Waals surface area contributed by atoms with Crippen LogP contribution in [0.4, 0.5) is 18.9 Å². The van der Waals surface area contributed by atoms with Crippen LogP contribution < -0.4 is 10.0 Å². The van der Waals surface area contributed by atoms with Crippen LogP contribution in [0, 0.1) is 0 Å². The Morgan fingerprint density at radius 2 is 1.59 bits per heavy atom. The van der Waals surface area contributed by atoms with Gasteiger partial charge in [0.2, 0.25) is 15.9 Å². The number of allylic oxidation sites excluding steroid dienone is 1. The Kier molecular flexibility index (Phi) is 6.54. The molecule has 2 N–H and O–H groups in total. The van der Waals surface area contributed by atoms with Crippen molar-refractivity contribution in [2.24, 2.45) is 0 Å². The number of benzene rings is 2. The summed E-state index contributed by atoms with van der Waals surface area (Å²) in [4.78, 5) is 12.1. The third-order valence-corrected chi connectivity index (χ3v) is 5.27. The molecule has 0 bridgehead atoms. The molecule has 0 aliphatic carbocycles. The highest BCUT2D eigenvalue weighted by Crippen LogP contribution is 2.33. The van der Waals surface area contributed by atoms with E-state index in [9.17, 15) is 26.4 Å². The number of rotatable bonds is 5. The second-order valence-electron chi connectivity index (χ2n) is 7.29. The second kappa shape index (κ2) is 8.38. The molecular formula is C20H21F3N2O3S. The number of sulfonamides is 1. The molecule has 0 saturated heterocycles. The van der Waals surface area contributed by atoms with Gasteiger partial charge in [-0.25, -0.2) is 13.1 Å². The van der Waals surface area contributed by atoms with Gasteiger partial charge in [-0.1, -0.05) is 36.4 Å². The summed E-state index contributed by atoms with van der Waals surface area (Å²) in [5.74, 6) is -1.03. The van der Waals surface area contributed by atoms with Gasteiger partial charge in [0.15, 0.2) is 0 Å². The summed E-state index contributed by atoms with van der Waals surface area (Å²) in [5.41, 5.74) is -1.93. The van der Waals surface area contributed by atoms with E-state index in [-0.39, 0.29) is 16.1 Å². The SMILES string of the molecule is CC(C)(C)NS(=O)(=O)c1cccc(NC(=O)/C=C(/c2ccccc2)C(F)(F)F)c1. The van der Waals surface area contributed by atoms with Crippen LogP contribution in [0.15, 0.2) is 65.6 Å². The smallest absolute Gasteiger partial charge is 0.322 e. The zero-order valence-electron chi connectivity index (χ0n) is 16.0. The maximum absolute atomic E-state index is 13.3. The Bertz CT molecular complexity index is 1010. The molecule has 29 heavy (non-hydrogen) atoms. The number of hydrogen-bond donors (Lipinski definition) is 2. The van der Waals surface area contributed by atoms with Crippen molar-refractivity contribution in [2.45, 2.75) is 37.4 Å². The van der Waals surface area contributed by atoms with Crippen LogP contribution in [0.25, 0.3) is 5.57 Å². The quantitative estimate of drug-likeness (QED) is 0.698. The van der Waals surface area contributed by atoms with Crippen LogP contribution in [0.1, 0.15) is 26.3 Å². The molecule has 0 aliphatic heterocycles. The maximum Gasteiger partial charge on any atom is 0.417 e. The van der Waals surface area contributed by atoms with Gasteiger partial charge in [-0.2, -0.15) is 13.2 Å². The maximum atomic E-state index is 13.3. The average molecular weight is 426 g/mol. The molecular weight excluding hydrogens is 405 g/mol. The second-order valence-corrected chi connectivity index (χ2v) is 8.98. The van der Waals surface area contributed by atoms with Crippen molar-refractivity contribution in [1.29, 1.82) is 0 Å². The van der Waals surface area contributed by atoms with Crippen molar-refractivity contribution < 1.29 is 26.4 Å². The Labute approximate surface area is 167 Å². The zero-order chi connectivity index (χ0) is 21.9. The van der Waals surface area contributed by atoms with Crippen molar-refractivity contribution in [3.63, 3.8) is 0 Å². The van der Waals surface area contributed by atoms with E-state index in [0.717, 1.165) is 0 Å². The van der Waals surface area contributed by atoms with Crippen molar-refractivity contribution in [3.8, 4) is 0 Å². The first kappa shape index (κ1) is 22.6. The minimum Gasteiger partial charge on any atom is -0.322 e. The molecule has 2 aromatic carbocycles. The lowest BCUT2D eigenvalue weighted by Gasteiger charge is -2.20. The first-order valence-electron chi connectivity index (χ1n) is 8.57. The van der Waals surface area contributed by atoms with Gasteiger partial charge in [0.25, 0.3) is 0 Å². The summed E-state index contributed by atoms with van der Waals surface area (Å²) in [5, 5.41) is 2.28. The summed E-state index contributed by atoms with van der Waals surface area (Å²) in [6.45, 7) is 5.01. The van der Waals surface area contributed by atoms with Crippen molar-refractivity contribution in [2.75, 3.05) is 5.32 Å². The number of carbonyl (C=O) groups is 1. The predicted octanol–water partition coefficient (Wildman–Crippen LogP) is 4.35. The molecule has 1 amide bonds. The molecule has 9 heteroatoms. The molecule has 156 valence electrons. The number of amides is 1. The van der Waals surface area contributed by atoms with Crippen molar-refractivity contribution in [1.82, 2.24) is 4.72 Å². The largest absolute Gasteiger partial charge is 0.417 e. The van der Waals surface area contributed by atoms with E-state index in [1.807, 2.05) is 0 Å². The summed E-state index contributed by atoms with van der Waals surface area (Å²) in [6, 6.07) is 12.2. The molecule has 0 spiro atoms. The first-order chi connectivity index (χ1) is 13.3. The monoisotopic (exact) mass is 426 g/mol. The Morgan fingerprint density at radius 1 is 0.966 bits per heavy atom. The van der Waals surface area contributed by atoms with Crippen LogP contribution in [0.5, 0.6) is 0 Å². The molecule has 0 saturated carbocycles. The fourth-order valence-corrected chi connectivity index (χ4v) is 3.92. The minimum absolute atomic E-state index is 0.0534. The third kappa shape index (κ3) is 6.72. The lowest BCUT2D eigenvalue weighted by Crippen LogP contribution is -2.40. The van der Waals surface area contributed by atoms with Gasteiger partial charge >= 0.3 is 6.18 Å². The molecule has 0 unspecified atom stereocenters. The molecule has 0 aromatic heterocycles. The van der Waals surface area contributed by atoms with Crippen LogP contribution in [0.2, 0.25) is 0 Å². The number of hydrogen-bond acceptors (Lipinski definition) is 3. The highest BCUT2D eigenvalue weighted by atomic mass is 32.2. The number of anilines is 1. The van der Waals surface area contributed by atoms with Gasteiger partial charge in [0.05, 0.1) is 10.5 Å². The fraction of sp³-hybridized carbons (Fsp3) is 0.250. The van der Waals surface area contributed by atoms with Gasteiger partial charge in [0, 0.05) is 17.3 Å². The summed E-state index contributed by atoms with van der Waals surface area (Å²) in [7, 11) is -3.86. The molecule has 0 heterocycles. The molecule has 0 radical (unpaired) electrons. The van der Waals surface area contributed by atoms with Gasteiger partial charge in [-0.05, 0) is 44.5 Å². The summed E-state index contributed by atoms with van der Waals surface area (Å²) >= 11 is 0. The van der Waals surface area contributed by atoms with Crippen molar-refractivity contribution >= 4 is 27.2 Å². The molecule has 2 rings (SSSR count). The van der Waals surface area contributed by atoms with E-state index in [1.54, 1.807) is 26.8 Å². The topological polar surface area (TPSA) is 75.3 Å². The van der Waals surface area contributed by atoms with Crippen molar-refractivity contribution in [3.05, 3.63) is 66.2 Å². The lowest BCUT2D eigenvalue weighted by molar-refractivity contribution is -0.112. The van der Waals surface area contributed by atoms with Crippen LogP contribution in [-0.4, -0.2) is 26.0 Å². The fourth-order valence-electron chi connectivity index (χ4n) is 2.46. The number of carbonyl (C=O) groups excluding carboxylic acids is 1. The van der Waals surface area contributed by atoms with Gasteiger partial charge in [-0.3, -0.25) is 4.79 Å². The normalized spacial score (nSPS) is 13.2. The van der Waals surface area contributed by atoms with E-state index in [0.29, 0.717) is 6.08 Å². The van der Waals surface area contributed by atoms with E-state index in [1.165, 1.54) is 48.5 Å². The van der Waals surface area contributed by atoms with E-state index in [4.69, 9.17) is 0 Å². The Balaban J connectivity index is 2.30. The number of alkyl halides is 3. The van der Waals surface area contributed by atoms with E-state index in [2.05, 4.69) is 10.0 Å². The third-order valence-electron chi connectivity index (χ3n) is 3.52. The van der Waals surface area contributed by atoms with Gasteiger partial charge < -0.3 is 5.32 Å². The number of halogens is 3.